The second-order valence-corrected chi connectivity index (χ2v) is 6.90. The van der Waals surface area contributed by atoms with E-state index in [1.54, 1.807) is 32.2 Å². The largest absolute Gasteiger partial charge is 0.497 e. The second-order valence-electron chi connectivity index (χ2n) is 6.90. The first-order chi connectivity index (χ1) is 11.9. The molecule has 25 heavy (non-hydrogen) atoms. The normalized spacial score (nSPS) is 23.4. The molecule has 1 aromatic heterocycles. The van der Waals surface area contributed by atoms with Crippen LogP contribution in [0.1, 0.15) is 48.7 Å². The molecule has 1 aliphatic carbocycles. The van der Waals surface area contributed by atoms with Gasteiger partial charge in [0, 0.05) is 5.39 Å². The molecule has 2 aromatic rings. The lowest BCUT2D eigenvalue weighted by molar-refractivity contribution is -0.145. The number of fused-ring (bicyclic) bond motifs is 1. The molecule has 1 aliphatic rings. The van der Waals surface area contributed by atoms with Crippen molar-refractivity contribution in [1.29, 1.82) is 0 Å². The summed E-state index contributed by atoms with van der Waals surface area (Å²) in [6, 6.07) is 5.30. The topological polar surface area (TPSA) is 88.8 Å². The fourth-order valence-corrected chi connectivity index (χ4v) is 3.81. The van der Waals surface area contributed by atoms with Gasteiger partial charge in [0.1, 0.15) is 17.1 Å². The highest BCUT2D eigenvalue weighted by molar-refractivity contribution is 6.08. The molecule has 1 saturated carbocycles. The van der Waals surface area contributed by atoms with Gasteiger partial charge in [0.15, 0.2) is 0 Å². The molecule has 0 radical (unpaired) electrons. The molecule has 0 saturated heterocycles. The zero-order valence-electron chi connectivity index (χ0n) is 14.7. The van der Waals surface area contributed by atoms with Crippen molar-refractivity contribution in [2.24, 2.45) is 5.92 Å². The van der Waals surface area contributed by atoms with Crippen LogP contribution in [0.4, 0.5) is 0 Å². The number of carboxylic acids is 1. The van der Waals surface area contributed by atoms with E-state index in [0.717, 1.165) is 12.8 Å². The summed E-state index contributed by atoms with van der Waals surface area (Å²) in [7, 11) is 1.56. The van der Waals surface area contributed by atoms with Gasteiger partial charge in [0.05, 0.1) is 24.1 Å². The van der Waals surface area contributed by atoms with E-state index in [2.05, 4.69) is 5.32 Å². The molecule has 6 heteroatoms. The summed E-state index contributed by atoms with van der Waals surface area (Å²) in [5.74, 6) is -0.613. The first-order valence-electron chi connectivity index (χ1n) is 8.48. The quantitative estimate of drug-likeness (QED) is 0.885. The number of aryl methyl sites for hydroxylation is 1. The molecule has 0 bridgehead atoms. The Morgan fingerprint density at radius 1 is 1.36 bits per heavy atom. The Bertz CT molecular complexity index is 825. The summed E-state index contributed by atoms with van der Waals surface area (Å²) >= 11 is 0. The predicted octanol–water partition coefficient (Wildman–Crippen LogP) is 3.51. The third kappa shape index (κ3) is 3.08. The van der Waals surface area contributed by atoms with E-state index >= 15 is 0 Å². The molecule has 2 unspecified atom stereocenters. The average Bonchev–Trinajstić information content (AvgIpc) is 2.89. The van der Waals surface area contributed by atoms with Crippen molar-refractivity contribution in [3.63, 3.8) is 0 Å². The van der Waals surface area contributed by atoms with Gasteiger partial charge in [-0.25, -0.2) is 0 Å². The smallest absolute Gasteiger partial charge is 0.308 e. The van der Waals surface area contributed by atoms with E-state index in [9.17, 15) is 14.7 Å². The Morgan fingerprint density at radius 3 is 2.80 bits per heavy atom. The minimum atomic E-state index is -0.863. The predicted molar refractivity (Wildman–Crippen MR) is 93.0 cm³/mol. The van der Waals surface area contributed by atoms with E-state index in [4.69, 9.17) is 9.15 Å². The summed E-state index contributed by atoms with van der Waals surface area (Å²) < 4.78 is 10.9. The molecule has 6 nitrogen and oxygen atoms in total. The summed E-state index contributed by atoms with van der Waals surface area (Å²) in [6.45, 7) is 3.56. The summed E-state index contributed by atoms with van der Waals surface area (Å²) in [5, 5.41) is 13.2. The molecular formula is C19H23NO5. The van der Waals surface area contributed by atoms with Crippen molar-refractivity contribution in [3.05, 3.63) is 29.5 Å². The van der Waals surface area contributed by atoms with E-state index in [1.807, 2.05) is 6.92 Å². The van der Waals surface area contributed by atoms with Crippen molar-refractivity contribution in [2.75, 3.05) is 7.11 Å². The maximum absolute atomic E-state index is 13.0. The van der Waals surface area contributed by atoms with E-state index < -0.39 is 17.4 Å². The van der Waals surface area contributed by atoms with Crippen molar-refractivity contribution < 1.29 is 23.8 Å². The second kappa shape index (κ2) is 6.43. The molecule has 2 N–H and O–H groups in total. The van der Waals surface area contributed by atoms with E-state index in [1.165, 1.54) is 0 Å². The van der Waals surface area contributed by atoms with Crippen LogP contribution < -0.4 is 10.1 Å². The van der Waals surface area contributed by atoms with Gasteiger partial charge < -0.3 is 19.6 Å². The molecule has 1 amide bonds. The highest BCUT2D eigenvalue weighted by atomic mass is 16.5. The number of carboxylic acid groups (broad SMARTS) is 1. The van der Waals surface area contributed by atoms with Gasteiger partial charge in [-0.05, 0) is 44.9 Å². The summed E-state index contributed by atoms with van der Waals surface area (Å²) in [6.07, 6.45) is 2.99. The Balaban J connectivity index is 1.96. The van der Waals surface area contributed by atoms with Gasteiger partial charge >= 0.3 is 5.97 Å². The number of amides is 1. The van der Waals surface area contributed by atoms with Crippen LogP contribution >= 0.6 is 0 Å². The molecular weight excluding hydrogens is 322 g/mol. The number of ether oxygens (including phenoxy) is 1. The van der Waals surface area contributed by atoms with Crippen LogP contribution in [0.3, 0.4) is 0 Å². The third-order valence-corrected chi connectivity index (χ3v) is 5.20. The van der Waals surface area contributed by atoms with Crippen LogP contribution in [-0.2, 0) is 4.79 Å². The fraction of sp³-hybridized carbons (Fsp3) is 0.474. The number of hydrogen-bond acceptors (Lipinski definition) is 4. The lowest BCUT2D eigenvalue weighted by Gasteiger charge is -2.39. The molecule has 2 atom stereocenters. The van der Waals surface area contributed by atoms with E-state index in [-0.39, 0.29) is 5.91 Å². The maximum Gasteiger partial charge on any atom is 0.308 e. The van der Waals surface area contributed by atoms with Crippen molar-refractivity contribution in [2.45, 2.75) is 45.1 Å². The maximum atomic E-state index is 13.0. The Labute approximate surface area is 146 Å². The number of methoxy groups -OCH3 is 1. The van der Waals surface area contributed by atoms with Gasteiger partial charge in [-0.15, -0.1) is 0 Å². The number of aliphatic carboxylic acids is 1. The first-order valence-corrected chi connectivity index (χ1v) is 8.48. The SMILES string of the molecule is COc1ccc2oc(C)c(C(=O)NC3(C)CCCCC3C(=O)O)c2c1. The Kier molecular flexibility index (Phi) is 4.45. The van der Waals surface area contributed by atoms with Crippen molar-refractivity contribution in [3.8, 4) is 5.75 Å². The molecule has 1 aromatic carbocycles. The van der Waals surface area contributed by atoms with Gasteiger partial charge in [-0.3, -0.25) is 9.59 Å². The first kappa shape index (κ1) is 17.3. The number of rotatable bonds is 4. The van der Waals surface area contributed by atoms with Gasteiger partial charge in [0.2, 0.25) is 0 Å². The monoisotopic (exact) mass is 345 g/mol. The van der Waals surface area contributed by atoms with Crippen molar-refractivity contribution >= 4 is 22.8 Å². The van der Waals surface area contributed by atoms with Gasteiger partial charge in [-0.1, -0.05) is 12.8 Å². The number of carbonyl (C=O) groups is 2. The van der Waals surface area contributed by atoms with Crippen LogP contribution in [0.25, 0.3) is 11.0 Å². The molecule has 3 rings (SSSR count). The molecule has 134 valence electrons. The zero-order chi connectivity index (χ0) is 18.2. The minimum Gasteiger partial charge on any atom is -0.497 e. The molecule has 1 fully saturated rings. The number of furan rings is 1. The molecule has 0 spiro atoms. The van der Waals surface area contributed by atoms with Crippen LogP contribution in [0.2, 0.25) is 0 Å². The van der Waals surface area contributed by atoms with Crippen LogP contribution in [0, 0.1) is 12.8 Å². The van der Waals surface area contributed by atoms with E-state index in [0.29, 0.717) is 40.9 Å². The lowest BCUT2D eigenvalue weighted by atomic mass is 9.73. The minimum absolute atomic E-state index is 0.305. The average molecular weight is 345 g/mol. The van der Waals surface area contributed by atoms with Crippen molar-refractivity contribution in [1.82, 2.24) is 5.32 Å². The van der Waals surface area contributed by atoms with Crippen LogP contribution in [0.15, 0.2) is 22.6 Å². The molecule has 1 heterocycles. The number of hydrogen-bond donors (Lipinski definition) is 2. The summed E-state index contributed by atoms with van der Waals surface area (Å²) in [5.41, 5.74) is 0.271. The number of benzene rings is 1. The third-order valence-electron chi connectivity index (χ3n) is 5.20. The fourth-order valence-electron chi connectivity index (χ4n) is 3.81. The zero-order valence-corrected chi connectivity index (χ0v) is 14.7. The number of carbonyl (C=O) groups excluding carboxylic acids is 1. The standard InChI is InChI=1S/C19H23NO5/c1-11-16(13-10-12(24-3)7-8-15(13)25-11)17(21)20-19(2)9-5-4-6-14(19)18(22)23/h7-8,10,14H,4-6,9H2,1-3H3,(H,20,21)(H,22,23). The highest BCUT2D eigenvalue weighted by Gasteiger charge is 2.42. The van der Waals surface area contributed by atoms with Gasteiger partial charge in [0.25, 0.3) is 5.91 Å². The van der Waals surface area contributed by atoms with Crippen LogP contribution in [-0.4, -0.2) is 29.6 Å². The molecule has 0 aliphatic heterocycles. The highest BCUT2D eigenvalue weighted by Crippen LogP contribution is 2.35. The number of nitrogens with one attached hydrogen (secondary N) is 1. The van der Waals surface area contributed by atoms with Crippen LogP contribution in [0.5, 0.6) is 5.75 Å². The Morgan fingerprint density at radius 2 is 2.12 bits per heavy atom. The van der Waals surface area contributed by atoms with Gasteiger partial charge in [-0.2, -0.15) is 0 Å². The lowest BCUT2D eigenvalue weighted by Crippen LogP contribution is -2.55. The Hall–Kier alpha value is -2.50. The summed E-state index contributed by atoms with van der Waals surface area (Å²) in [4.78, 5) is 24.6.